The van der Waals surface area contributed by atoms with E-state index >= 15 is 0 Å². The van der Waals surface area contributed by atoms with Crippen molar-refractivity contribution in [2.24, 2.45) is 0 Å². The van der Waals surface area contributed by atoms with E-state index < -0.39 is 20.3 Å². The highest BCUT2D eigenvalue weighted by Crippen LogP contribution is 2.42. The number of hydrogen-bond donors (Lipinski definition) is 1. The van der Waals surface area contributed by atoms with Crippen molar-refractivity contribution in [1.82, 2.24) is 0 Å². The van der Waals surface area contributed by atoms with Crippen LogP contribution in [-0.4, -0.2) is 25.4 Å². The normalized spacial score (nSPS) is 13.3. The van der Waals surface area contributed by atoms with Crippen molar-refractivity contribution >= 4 is 20.3 Å². The van der Waals surface area contributed by atoms with Crippen LogP contribution in [0.3, 0.4) is 0 Å². The number of carboxylic acid groups (broad SMARTS) is 1. The molecule has 0 spiro atoms. The molecule has 0 aromatic carbocycles. The van der Waals surface area contributed by atoms with Gasteiger partial charge in [0, 0.05) is 11.6 Å². The van der Waals surface area contributed by atoms with Crippen LogP contribution < -0.4 is 0 Å². The van der Waals surface area contributed by atoms with Crippen molar-refractivity contribution in [3.63, 3.8) is 0 Å². The minimum absolute atomic E-state index is 0.00386. The highest BCUT2D eigenvalue weighted by atomic mass is 28.4. The zero-order valence-electron chi connectivity index (χ0n) is 13.0. The Morgan fingerprint density at radius 3 is 1.63 bits per heavy atom. The Labute approximate surface area is 117 Å². The third-order valence-electron chi connectivity index (χ3n) is 3.66. The second-order valence-corrected chi connectivity index (χ2v) is 11.2. The van der Waals surface area contributed by atoms with Crippen LogP contribution in [0.5, 0.6) is 0 Å². The summed E-state index contributed by atoms with van der Waals surface area (Å²) < 4.78 is 5.80. The fraction of sp³-hybridized carbons (Fsp3) is 0.714. The molecule has 0 heterocycles. The number of hydrogen-bond acceptors (Lipinski definition) is 3. The molecule has 0 saturated heterocycles. The van der Waals surface area contributed by atoms with Crippen LogP contribution >= 0.6 is 0 Å². The van der Waals surface area contributed by atoms with E-state index in [-0.39, 0.29) is 22.2 Å². The highest BCUT2D eigenvalue weighted by Gasteiger charge is 2.47. The minimum atomic E-state index is -2.28. The fourth-order valence-electron chi connectivity index (χ4n) is 2.80. The molecule has 0 aliphatic heterocycles. The number of carboxylic acids is 1. The molecule has 4 nitrogen and oxygen atoms in total. The molecule has 1 N–H and O–H groups in total. The number of aliphatic carboxylic acids is 1. The van der Waals surface area contributed by atoms with Crippen molar-refractivity contribution in [2.45, 2.75) is 65.1 Å². The maximum atomic E-state index is 12.0. The molecule has 0 unspecified atom stereocenters. The van der Waals surface area contributed by atoms with E-state index in [4.69, 9.17) is 9.53 Å². The van der Waals surface area contributed by atoms with Gasteiger partial charge in [-0.05, 0) is 23.5 Å². The zero-order chi connectivity index (χ0) is 15.4. The molecule has 0 aliphatic carbocycles. The average molecular weight is 286 g/mol. The standard InChI is InChI=1S/C14H26O4Si/c1-9(2)19(10(3)4,11(5)6)18-13(15)8-12(7)14(16)17/h8-11H,1-7H3,(H,16,17)/b12-8-. The first kappa shape index (κ1) is 17.9. The largest absolute Gasteiger partial charge is 0.515 e. The predicted octanol–water partition coefficient (Wildman–Crippen LogP) is 3.74. The van der Waals surface area contributed by atoms with Gasteiger partial charge in [-0.1, -0.05) is 41.5 Å². The Balaban J connectivity index is 5.31. The smallest absolute Gasteiger partial charge is 0.331 e. The maximum Gasteiger partial charge on any atom is 0.331 e. The molecule has 0 bridgehead atoms. The van der Waals surface area contributed by atoms with Crippen LogP contribution in [0, 0.1) is 0 Å². The minimum Gasteiger partial charge on any atom is -0.515 e. The fourth-order valence-corrected chi connectivity index (χ4v) is 7.91. The van der Waals surface area contributed by atoms with Crippen molar-refractivity contribution in [3.8, 4) is 0 Å². The van der Waals surface area contributed by atoms with Crippen molar-refractivity contribution in [2.75, 3.05) is 0 Å². The summed E-state index contributed by atoms with van der Waals surface area (Å²) in [4.78, 5) is 22.7. The summed E-state index contributed by atoms with van der Waals surface area (Å²) in [6.45, 7) is 13.9. The van der Waals surface area contributed by atoms with E-state index in [0.717, 1.165) is 6.08 Å². The molecule has 0 aromatic rings. The van der Waals surface area contributed by atoms with E-state index in [2.05, 4.69) is 41.5 Å². The number of carbonyl (C=O) groups excluding carboxylic acids is 1. The Bertz CT molecular complexity index is 348. The van der Waals surface area contributed by atoms with Crippen LogP contribution in [0.15, 0.2) is 11.6 Å². The Hall–Kier alpha value is -1.10. The quantitative estimate of drug-likeness (QED) is 0.597. The first-order valence-electron chi connectivity index (χ1n) is 6.70. The lowest BCUT2D eigenvalue weighted by Crippen LogP contribution is -2.49. The van der Waals surface area contributed by atoms with E-state index in [9.17, 15) is 9.59 Å². The van der Waals surface area contributed by atoms with Crippen LogP contribution in [-0.2, 0) is 14.0 Å². The van der Waals surface area contributed by atoms with Crippen LogP contribution in [0.1, 0.15) is 48.5 Å². The molecule has 110 valence electrons. The van der Waals surface area contributed by atoms with Crippen LogP contribution in [0.4, 0.5) is 0 Å². The molecule has 0 rings (SSSR count). The van der Waals surface area contributed by atoms with E-state index in [1.54, 1.807) is 0 Å². The first-order valence-corrected chi connectivity index (χ1v) is 8.84. The molecule has 5 heteroatoms. The van der Waals surface area contributed by atoms with Crippen molar-refractivity contribution in [1.29, 1.82) is 0 Å². The zero-order valence-corrected chi connectivity index (χ0v) is 14.0. The summed E-state index contributed by atoms with van der Waals surface area (Å²) in [5.41, 5.74) is 0.865. The van der Waals surface area contributed by atoms with Gasteiger partial charge in [-0.25, -0.2) is 9.59 Å². The van der Waals surface area contributed by atoms with Gasteiger partial charge in [0.05, 0.1) is 0 Å². The molecule has 0 aliphatic rings. The van der Waals surface area contributed by atoms with Gasteiger partial charge in [0.15, 0.2) is 0 Å². The lowest BCUT2D eigenvalue weighted by Gasteiger charge is -2.40. The average Bonchev–Trinajstić information content (AvgIpc) is 2.23. The lowest BCUT2D eigenvalue weighted by atomic mass is 10.3. The van der Waals surface area contributed by atoms with Crippen LogP contribution in [0.25, 0.3) is 0 Å². The third kappa shape index (κ3) is 4.20. The van der Waals surface area contributed by atoms with E-state index in [1.165, 1.54) is 6.92 Å². The summed E-state index contributed by atoms with van der Waals surface area (Å²) in [6, 6.07) is 0. The van der Waals surface area contributed by atoms with Gasteiger partial charge < -0.3 is 9.53 Å². The summed E-state index contributed by atoms with van der Waals surface area (Å²) in [5.74, 6) is -1.62. The molecule has 0 atom stereocenters. The highest BCUT2D eigenvalue weighted by molar-refractivity contribution is 6.79. The molecule has 19 heavy (non-hydrogen) atoms. The van der Waals surface area contributed by atoms with Gasteiger partial charge in [0.1, 0.15) is 0 Å². The van der Waals surface area contributed by atoms with Gasteiger partial charge in [-0.15, -0.1) is 0 Å². The molecular weight excluding hydrogens is 260 g/mol. The predicted molar refractivity (Wildman–Crippen MR) is 78.5 cm³/mol. The third-order valence-corrected chi connectivity index (χ3v) is 9.63. The molecule has 0 radical (unpaired) electrons. The van der Waals surface area contributed by atoms with Gasteiger partial charge >= 0.3 is 11.9 Å². The molecule has 0 amide bonds. The molecule has 0 aromatic heterocycles. The topological polar surface area (TPSA) is 63.6 Å². The van der Waals surface area contributed by atoms with Crippen molar-refractivity contribution in [3.05, 3.63) is 11.6 Å². The lowest BCUT2D eigenvalue weighted by molar-refractivity contribution is -0.134. The van der Waals surface area contributed by atoms with Gasteiger partial charge in [0.2, 0.25) is 0 Å². The Morgan fingerprint density at radius 1 is 1.00 bits per heavy atom. The summed E-state index contributed by atoms with van der Waals surface area (Å²) in [7, 11) is -2.28. The SMILES string of the molecule is C/C(=C/C(=O)O[Si](C(C)C)(C(C)C)C(C)C)C(=O)O. The van der Waals surface area contributed by atoms with E-state index in [0.29, 0.717) is 0 Å². The second-order valence-electron chi connectivity index (χ2n) is 5.87. The number of carbonyl (C=O) groups is 2. The van der Waals surface area contributed by atoms with Gasteiger partial charge in [0.25, 0.3) is 8.32 Å². The second kappa shape index (κ2) is 6.89. The van der Waals surface area contributed by atoms with Gasteiger partial charge in [-0.3, -0.25) is 0 Å². The van der Waals surface area contributed by atoms with Gasteiger partial charge in [-0.2, -0.15) is 0 Å². The summed E-state index contributed by atoms with van der Waals surface area (Å²) in [6.07, 6.45) is 1.08. The van der Waals surface area contributed by atoms with E-state index in [1.807, 2.05) is 0 Å². The maximum absolute atomic E-state index is 12.0. The Morgan fingerprint density at radius 2 is 1.37 bits per heavy atom. The molecule has 0 fully saturated rings. The Kier molecular flexibility index (Phi) is 6.49. The monoisotopic (exact) mass is 286 g/mol. The first-order chi connectivity index (χ1) is 8.55. The molecule has 0 saturated carbocycles. The van der Waals surface area contributed by atoms with Crippen LogP contribution in [0.2, 0.25) is 16.6 Å². The van der Waals surface area contributed by atoms with Crippen molar-refractivity contribution < 1.29 is 19.1 Å². The number of rotatable bonds is 6. The molecular formula is C14H26O4Si. The summed E-state index contributed by atoms with van der Waals surface area (Å²) >= 11 is 0. The summed E-state index contributed by atoms with van der Waals surface area (Å²) in [5, 5.41) is 8.79.